The van der Waals surface area contributed by atoms with E-state index in [1.807, 2.05) is 31.2 Å². The van der Waals surface area contributed by atoms with Crippen molar-refractivity contribution in [2.45, 2.75) is 32.9 Å². The number of hydrogen-bond donors (Lipinski definition) is 1. The maximum Gasteiger partial charge on any atom is 0.251 e. The van der Waals surface area contributed by atoms with Crippen LogP contribution in [0, 0.1) is 0 Å². The lowest BCUT2D eigenvalue weighted by molar-refractivity contribution is 0.0950. The maximum absolute atomic E-state index is 12.4. The highest BCUT2D eigenvalue weighted by atomic mass is 16.5. The second kappa shape index (κ2) is 7.66. The predicted octanol–water partition coefficient (Wildman–Crippen LogP) is 3.83. The SMILES string of the molecule is CCOc1cccc(C(=O)NCc2cccc(-c3cn4c(n3)CCC4)c2)c1. The Bertz CT molecular complexity index is 940. The molecule has 0 saturated heterocycles. The first-order valence-corrected chi connectivity index (χ1v) is 9.39. The average Bonchev–Trinajstić information content (AvgIpc) is 3.29. The molecule has 4 rings (SSSR count). The number of aryl methyl sites for hydroxylation is 2. The van der Waals surface area contributed by atoms with Gasteiger partial charge in [-0.3, -0.25) is 4.79 Å². The van der Waals surface area contributed by atoms with E-state index in [9.17, 15) is 4.79 Å². The summed E-state index contributed by atoms with van der Waals surface area (Å²) in [4.78, 5) is 17.2. The summed E-state index contributed by atoms with van der Waals surface area (Å²) < 4.78 is 7.69. The third-order valence-electron chi connectivity index (χ3n) is 4.74. The first-order valence-electron chi connectivity index (χ1n) is 9.39. The fraction of sp³-hybridized carbons (Fsp3) is 0.273. The number of fused-ring (bicyclic) bond motifs is 1. The van der Waals surface area contributed by atoms with Crippen LogP contribution in [-0.4, -0.2) is 22.1 Å². The molecule has 0 spiro atoms. The zero-order valence-electron chi connectivity index (χ0n) is 15.4. The van der Waals surface area contributed by atoms with Crippen molar-refractivity contribution in [3.8, 4) is 17.0 Å². The molecule has 0 atom stereocenters. The van der Waals surface area contributed by atoms with E-state index in [1.165, 1.54) is 6.42 Å². The molecule has 5 heteroatoms. The second-order valence-corrected chi connectivity index (χ2v) is 6.68. The minimum atomic E-state index is -0.108. The van der Waals surface area contributed by atoms with Gasteiger partial charge in [0.05, 0.1) is 12.3 Å². The molecule has 1 amide bonds. The Morgan fingerprint density at radius 1 is 1.22 bits per heavy atom. The van der Waals surface area contributed by atoms with Crippen molar-refractivity contribution in [3.05, 3.63) is 71.7 Å². The highest BCUT2D eigenvalue weighted by Gasteiger charge is 2.14. The molecule has 0 radical (unpaired) electrons. The lowest BCUT2D eigenvalue weighted by Crippen LogP contribution is -2.22. The summed E-state index contributed by atoms with van der Waals surface area (Å²) in [5.74, 6) is 1.76. The number of hydrogen-bond acceptors (Lipinski definition) is 3. The molecule has 0 bridgehead atoms. The first kappa shape index (κ1) is 17.3. The number of benzene rings is 2. The molecule has 138 valence electrons. The number of aromatic nitrogens is 2. The number of carbonyl (C=O) groups is 1. The van der Waals surface area contributed by atoms with Crippen LogP contribution in [0.15, 0.2) is 54.7 Å². The maximum atomic E-state index is 12.4. The van der Waals surface area contributed by atoms with E-state index in [4.69, 9.17) is 9.72 Å². The van der Waals surface area contributed by atoms with E-state index in [0.717, 1.165) is 35.6 Å². The van der Waals surface area contributed by atoms with Crippen LogP contribution in [0.25, 0.3) is 11.3 Å². The molecule has 0 saturated carbocycles. The van der Waals surface area contributed by atoms with Gasteiger partial charge >= 0.3 is 0 Å². The van der Waals surface area contributed by atoms with Gasteiger partial charge in [0.1, 0.15) is 11.6 Å². The fourth-order valence-electron chi connectivity index (χ4n) is 3.41. The molecule has 0 fully saturated rings. The van der Waals surface area contributed by atoms with Crippen molar-refractivity contribution in [1.82, 2.24) is 14.9 Å². The van der Waals surface area contributed by atoms with E-state index in [2.05, 4.69) is 28.2 Å². The summed E-state index contributed by atoms with van der Waals surface area (Å²) in [5, 5.41) is 2.98. The van der Waals surface area contributed by atoms with Gasteiger partial charge in [-0.2, -0.15) is 0 Å². The molecular weight excluding hydrogens is 338 g/mol. The highest BCUT2D eigenvalue weighted by Crippen LogP contribution is 2.23. The van der Waals surface area contributed by atoms with Crippen LogP contribution < -0.4 is 10.1 Å². The third kappa shape index (κ3) is 3.87. The van der Waals surface area contributed by atoms with Crippen LogP contribution in [0.5, 0.6) is 5.75 Å². The van der Waals surface area contributed by atoms with Crippen molar-refractivity contribution < 1.29 is 9.53 Å². The van der Waals surface area contributed by atoms with Crippen LogP contribution in [0.1, 0.15) is 35.1 Å². The Kier molecular flexibility index (Phi) is 4.92. The topological polar surface area (TPSA) is 56.1 Å². The molecule has 2 heterocycles. The Morgan fingerprint density at radius 2 is 2.11 bits per heavy atom. The van der Waals surface area contributed by atoms with E-state index >= 15 is 0 Å². The van der Waals surface area contributed by atoms with Crippen molar-refractivity contribution >= 4 is 5.91 Å². The quantitative estimate of drug-likeness (QED) is 0.726. The first-order chi connectivity index (χ1) is 13.2. The van der Waals surface area contributed by atoms with Gasteiger partial charge < -0.3 is 14.6 Å². The van der Waals surface area contributed by atoms with Gasteiger partial charge in [-0.15, -0.1) is 0 Å². The van der Waals surface area contributed by atoms with Crippen molar-refractivity contribution in [2.75, 3.05) is 6.61 Å². The van der Waals surface area contributed by atoms with Gasteiger partial charge in [-0.1, -0.05) is 24.3 Å². The Morgan fingerprint density at radius 3 is 2.96 bits per heavy atom. The van der Waals surface area contributed by atoms with Crippen LogP contribution in [0.3, 0.4) is 0 Å². The predicted molar refractivity (Wildman–Crippen MR) is 105 cm³/mol. The van der Waals surface area contributed by atoms with Gasteiger partial charge in [0, 0.05) is 36.8 Å². The number of ether oxygens (including phenoxy) is 1. The van der Waals surface area contributed by atoms with E-state index in [1.54, 1.807) is 12.1 Å². The number of imidazole rings is 1. The Balaban J connectivity index is 1.44. The van der Waals surface area contributed by atoms with E-state index < -0.39 is 0 Å². The fourth-order valence-corrected chi connectivity index (χ4v) is 3.41. The standard InChI is InChI=1S/C22H23N3O2/c1-2-27-19-9-4-8-18(13-19)22(26)23-14-16-6-3-7-17(12-16)20-15-25-11-5-10-21(25)24-20/h3-4,6-9,12-13,15H,2,5,10-11,14H2,1H3,(H,23,26). The summed E-state index contributed by atoms with van der Waals surface area (Å²) in [6.07, 6.45) is 4.36. The van der Waals surface area contributed by atoms with E-state index in [-0.39, 0.29) is 5.91 Å². The minimum Gasteiger partial charge on any atom is -0.494 e. The molecule has 27 heavy (non-hydrogen) atoms. The van der Waals surface area contributed by atoms with Crippen LogP contribution >= 0.6 is 0 Å². The zero-order chi connectivity index (χ0) is 18.6. The Labute approximate surface area is 159 Å². The lowest BCUT2D eigenvalue weighted by Gasteiger charge is -2.08. The number of amides is 1. The summed E-state index contributed by atoms with van der Waals surface area (Å²) >= 11 is 0. The van der Waals surface area contributed by atoms with E-state index in [0.29, 0.717) is 24.5 Å². The smallest absolute Gasteiger partial charge is 0.251 e. The van der Waals surface area contributed by atoms with Crippen molar-refractivity contribution in [1.29, 1.82) is 0 Å². The molecular formula is C22H23N3O2. The number of nitrogens with zero attached hydrogens (tertiary/aromatic N) is 2. The monoisotopic (exact) mass is 361 g/mol. The second-order valence-electron chi connectivity index (χ2n) is 6.68. The number of nitrogens with one attached hydrogen (secondary N) is 1. The molecule has 0 aliphatic carbocycles. The largest absolute Gasteiger partial charge is 0.494 e. The normalized spacial score (nSPS) is 12.6. The summed E-state index contributed by atoms with van der Waals surface area (Å²) in [6, 6.07) is 15.4. The molecule has 2 aromatic carbocycles. The number of rotatable bonds is 6. The third-order valence-corrected chi connectivity index (χ3v) is 4.74. The minimum absolute atomic E-state index is 0.108. The molecule has 0 unspecified atom stereocenters. The van der Waals surface area contributed by atoms with Gasteiger partial charge in [0.15, 0.2) is 0 Å². The molecule has 1 aliphatic heterocycles. The summed E-state index contributed by atoms with van der Waals surface area (Å²) in [5.41, 5.74) is 3.74. The number of carbonyl (C=O) groups excluding carboxylic acids is 1. The molecule has 1 N–H and O–H groups in total. The summed E-state index contributed by atoms with van der Waals surface area (Å²) in [6.45, 7) is 4.03. The molecule has 3 aromatic rings. The molecule has 1 aromatic heterocycles. The lowest BCUT2D eigenvalue weighted by atomic mass is 10.1. The van der Waals surface area contributed by atoms with Crippen LogP contribution in [0.4, 0.5) is 0 Å². The van der Waals surface area contributed by atoms with Crippen molar-refractivity contribution in [2.24, 2.45) is 0 Å². The van der Waals surface area contributed by atoms with Gasteiger partial charge in [0.2, 0.25) is 0 Å². The highest BCUT2D eigenvalue weighted by molar-refractivity contribution is 5.94. The van der Waals surface area contributed by atoms with Crippen molar-refractivity contribution in [3.63, 3.8) is 0 Å². The van der Waals surface area contributed by atoms with Gasteiger partial charge in [-0.05, 0) is 43.2 Å². The van der Waals surface area contributed by atoms with Crippen LogP contribution in [-0.2, 0) is 19.5 Å². The van der Waals surface area contributed by atoms with Crippen LogP contribution in [0.2, 0.25) is 0 Å². The molecule has 1 aliphatic rings. The van der Waals surface area contributed by atoms with Gasteiger partial charge in [-0.25, -0.2) is 4.98 Å². The Hall–Kier alpha value is -3.08. The van der Waals surface area contributed by atoms with Gasteiger partial charge in [0.25, 0.3) is 5.91 Å². The summed E-state index contributed by atoms with van der Waals surface area (Å²) in [7, 11) is 0. The zero-order valence-corrected chi connectivity index (χ0v) is 15.4. The molecule has 5 nitrogen and oxygen atoms in total. The average molecular weight is 361 g/mol.